The molecule has 3 rings (SSSR count). The van der Waals surface area contributed by atoms with Crippen molar-refractivity contribution in [2.45, 2.75) is 6.04 Å². The summed E-state index contributed by atoms with van der Waals surface area (Å²) in [7, 11) is 0. The Bertz CT molecular complexity index is 646. The predicted octanol–water partition coefficient (Wildman–Crippen LogP) is 2.24. The van der Waals surface area contributed by atoms with Gasteiger partial charge in [0, 0.05) is 23.2 Å². The normalized spacial score (nSPS) is 12.7. The Morgan fingerprint density at radius 2 is 2.22 bits per heavy atom. The first-order valence-electron chi connectivity index (χ1n) is 5.57. The van der Waals surface area contributed by atoms with E-state index in [9.17, 15) is 0 Å². The summed E-state index contributed by atoms with van der Waals surface area (Å²) in [5.74, 6) is 5.69. The van der Waals surface area contributed by atoms with Gasteiger partial charge < -0.3 is 0 Å². The SMILES string of the molecule is NNC(c1cscn1)c1cccc2cnccc12. The number of benzene rings is 1. The zero-order chi connectivity index (χ0) is 12.4. The van der Waals surface area contributed by atoms with Gasteiger partial charge in [0.2, 0.25) is 0 Å². The fourth-order valence-corrected chi connectivity index (χ4v) is 2.68. The number of hydrogen-bond donors (Lipinski definition) is 2. The lowest BCUT2D eigenvalue weighted by Crippen LogP contribution is -2.29. The van der Waals surface area contributed by atoms with Gasteiger partial charge in [-0.15, -0.1) is 11.3 Å². The van der Waals surface area contributed by atoms with E-state index in [1.54, 1.807) is 17.5 Å². The van der Waals surface area contributed by atoms with Crippen LogP contribution in [0.5, 0.6) is 0 Å². The highest BCUT2D eigenvalue weighted by Crippen LogP contribution is 2.27. The van der Waals surface area contributed by atoms with Crippen molar-refractivity contribution in [3.63, 3.8) is 0 Å². The van der Waals surface area contributed by atoms with Crippen LogP contribution in [-0.4, -0.2) is 9.97 Å². The van der Waals surface area contributed by atoms with E-state index in [4.69, 9.17) is 5.84 Å². The number of pyridine rings is 1. The maximum Gasteiger partial charge on any atom is 0.0895 e. The molecule has 0 aliphatic rings. The number of aromatic nitrogens is 2. The summed E-state index contributed by atoms with van der Waals surface area (Å²) < 4.78 is 0. The van der Waals surface area contributed by atoms with Crippen molar-refractivity contribution >= 4 is 22.1 Å². The Kier molecular flexibility index (Phi) is 3.02. The summed E-state index contributed by atoms with van der Waals surface area (Å²) >= 11 is 1.56. The second kappa shape index (κ2) is 4.81. The number of hydrazine groups is 1. The highest BCUT2D eigenvalue weighted by molar-refractivity contribution is 7.07. The van der Waals surface area contributed by atoms with Gasteiger partial charge in [-0.1, -0.05) is 18.2 Å². The van der Waals surface area contributed by atoms with E-state index in [2.05, 4.69) is 21.5 Å². The molecular weight excluding hydrogens is 244 g/mol. The lowest BCUT2D eigenvalue weighted by Gasteiger charge is -2.16. The summed E-state index contributed by atoms with van der Waals surface area (Å²) in [5.41, 5.74) is 6.70. The van der Waals surface area contributed by atoms with Crippen molar-refractivity contribution in [3.05, 3.63) is 58.8 Å². The van der Waals surface area contributed by atoms with Crippen molar-refractivity contribution in [2.24, 2.45) is 5.84 Å². The minimum absolute atomic E-state index is 0.0950. The van der Waals surface area contributed by atoms with Crippen LogP contribution < -0.4 is 11.3 Å². The fraction of sp³-hybridized carbons (Fsp3) is 0.0769. The van der Waals surface area contributed by atoms with Crippen LogP contribution in [0.3, 0.4) is 0 Å². The molecule has 18 heavy (non-hydrogen) atoms. The lowest BCUT2D eigenvalue weighted by atomic mass is 9.99. The first-order chi connectivity index (χ1) is 8.90. The average Bonchev–Trinajstić information content (AvgIpc) is 2.94. The van der Waals surface area contributed by atoms with Gasteiger partial charge in [-0.05, 0) is 17.0 Å². The lowest BCUT2D eigenvalue weighted by molar-refractivity contribution is 0.628. The zero-order valence-corrected chi connectivity index (χ0v) is 10.4. The van der Waals surface area contributed by atoms with E-state index < -0.39 is 0 Å². The molecule has 5 heteroatoms. The van der Waals surface area contributed by atoms with Crippen LogP contribution in [0.4, 0.5) is 0 Å². The molecule has 0 saturated heterocycles. The molecule has 3 N–H and O–H groups in total. The molecule has 0 bridgehead atoms. The molecule has 0 spiro atoms. The quantitative estimate of drug-likeness (QED) is 0.557. The van der Waals surface area contributed by atoms with Crippen LogP contribution in [0.2, 0.25) is 0 Å². The van der Waals surface area contributed by atoms with E-state index in [0.717, 1.165) is 22.0 Å². The van der Waals surface area contributed by atoms with Crippen molar-refractivity contribution < 1.29 is 0 Å². The zero-order valence-electron chi connectivity index (χ0n) is 9.58. The van der Waals surface area contributed by atoms with Gasteiger partial charge in [0.25, 0.3) is 0 Å². The molecule has 3 aromatic rings. The minimum Gasteiger partial charge on any atom is -0.271 e. The Morgan fingerprint density at radius 1 is 1.28 bits per heavy atom. The third-order valence-electron chi connectivity index (χ3n) is 2.94. The van der Waals surface area contributed by atoms with E-state index in [0.29, 0.717) is 0 Å². The van der Waals surface area contributed by atoms with E-state index in [-0.39, 0.29) is 6.04 Å². The Labute approximate surface area is 108 Å². The first kappa shape index (κ1) is 11.3. The van der Waals surface area contributed by atoms with Gasteiger partial charge in [0.1, 0.15) is 0 Å². The Morgan fingerprint density at radius 3 is 3.00 bits per heavy atom. The molecular formula is C13H12N4S. The van der Waals surface area contributed by atoms with Crippen molar-refractivity contribution in [2.75, 3.05) is 0 Å². The number of thiazole rings is 1. The Balaban J connectivity index is 2.18. The van der Waals surface area contributed by atoms with Gasteiger partial charge in [-0.25, -0.2) is 10.4 Å². The van der Waals surface area contributed by atoms with Crippen LogP contribution in [-0.2, 0) is 0 Å². The molecule has 0 aliphatic carbocycles. The van der Waals surface area contributed by atoms with E-state index in [1.165, 1.54) is 0 Å². The number of hydrogen-bond acceptors (Lipinski definition) is 5. The molecule has 2 heterocycles. The van der Waals surface area contributed by atoms with Crippen LogP contribution in [0, 0.1) is 0 Å². The van der Waals surface area contributed by atoms with Gasteiger partial charge in [0.15, 0.2) is 0 Å². The molecule has 1 unspecified atom stereocenters. The highest BCUT2D eigenvalue weighted by Gasteiger charge is 2.16. The maximum atomic E-state index is 5.69. The van der Waals surface area contributed by atoms with Crippen molar-refractivity contribution in [1.82, 2.24) is 15.4 Å². The summed E-state index contributed by atoms with van der Waals surface area (Å²) in [6, 6.07) is 8.02. The summed E-state index contributed by atoms with van der Waals surface area (Å²) in [6.07, 6.45) is 3.65. The monoisotopic (exact) mass is 256 g/mol. The second-order valence-corrected chi connectivity index (χ2v) is 4.68. The Hall–Kier alpha value is -1.82. The van der Waals surface area contributed by atoms with Gasteiger partial charge in [0.05, 0.1) is 17.2 Å². The predicted molar refractivity (Wildman–Crippen MR) is 73.0 cm³/mol. The maximum absolute atomic E-state index is 5.69. The van der Waals surface area contributed by atoms with Gasteiger partial charge >= 0.3 is 0 Å². The highest BCUT2D eigenvalue weighted by atomic mass is 32.1. The molecule has 1 aromatic carbocycles. The minimum atomic E-state index is -0.0950. The standard InChI is InChI=1S/C13H12N4S/c14-17-13(12-7-18-8-16-12)11-3-1-2-9-6-15-5-4-10(9)11/h1-8,13,17H,14H2. The van der Waals surface area contributed by atoms with E-state index in [1.807, 2.05) is 35.3 Å². The molecule has 2 aromatic heterocycles. The number of fused-ring (bicyclic) bond motifs is 1. The van der Waals surface area contributed by atoms with Gasteiger partial charge in [-0.2, -0.15) is 0 Å². The number of rotatable bonds is 3. The van der Waals surface area contributed by atoms with Crippen LogP contribution in [0.25, 0.3) is 10.8 Å². The largest absolute Gasteiger partial charge is 0.271 e. The summed E-state index contributed by atoms with van der Waals surface area (Å²) in [4.78, 5) is 8.47. The number of nitrogens with zero attached hydrogens (tertiary/aromatic N) is 2. The molecule has 4 nitrogen and oxygen atoms in total. The molecule has 0 fully saturated rings. The molecule has 0 aliphatic heterocycles. The molecule has 0 saturated carbocycles. The molecule has 0 radical (unpaired) electrons. The van der Waals surface area contributed by atoms with Crippen LogP contribution in [0.1, 0.15) is 17.3 Å². The van der Waals surface area contributed by atoms with Crippen molar-refractivity contribution in [3.8, 4) is 0 Å². The molecule has 90 valence electrons. The summed E-state index contributed by atoms with van der Waals surface area (Å²) in [6.45, 7) is 0. The average molecular weight is 256 g/mol. The van der Waals surface area contributed by atoms with Crippen LogP contribution in [0.15, 0.2) is 47.5 Å². The summed E-state index contributed by atoms with van der Waals surface area (Å²) in [5, 5.41) is 4.25. The number of nitrogens with one attached hydrogen (secondary N) is 1. The molecule has 0 amide bonds. The number of nitrogens with two attached hydrogens (primary N) is 1. The fourth-order valence-electron chi connectivity index (χ4n) is 2.10. The molecule has 1 atom stereocenters. The first-order valence-corrected chi connectivity index (χ1v) is 6.51. The van der Waals surface area contributed by atoms with Crippen molar-refractivity contribution in [1.29, 1.82) is 0 Å². The van der Waals surface area contributed by atoms with Crippen LogP contribution >= 0.6 is 11.3 Å². The van der Waals surface area contributed by atoms with E-state index >= 15 is 0 Å². The second-order valence-electron chi connectivity index (χ2n) is 3.96. The van der Waals surface area contributed by atoms with Gasteiger partial charge in [-0.3, -0.25) is 10.8 Å². The topological polar surface area (TPSA) is 63.8 Å². The third kappa shape index (κ3) is 1.88. The third-order valence-corrected chi connectivity index (χ3v) is 3.54. The smallest absolute Gasteiger partial charge is 0.0895 e.